The number of nitrogens with zero attached hydrogens (tertiary/aromatic N) is 1. The summed E-state index contributed by atoms with van der Waals surface area (Å²) in [6, 6.07) is 6.40. The number of methoxy groups -OCH3 is 2. The highest BCUT2D eigenvalue weighted by Crippen LogP contribution is 2.10. The molecule has 1 aromatic rings. The molecule has 128 valence electrons. The van der Waals surface area contributed by atoms with Gasteiger partial charge >= 0.3 is 11.9 Å². The number of ketones is 1. The molecule has 0 unspecified atom stereocenters. The molecule has 1 amide bonds. The van der Waals surface area contributed by atoms with Gasteiger partial charge in [0, 0.05) is 5.56 Å². The zero-order chi connectivity index (χ0) is 18.1. The summed E-state index contributed by atoms with van der Waals surface area (Å²) in [5.41, 5.74) is 1.04. The van der Waals surface area contributed by atoms with Gasteiger partial charge in [-0.3, -0.25) is 19.2 Å². The van der Waals surface area contributed by atoms with Crippen LogP contribution in [0.1, 0.15) is 22.8 Å². The molecule has 7 nitrogen and oxygen atoms in total. The highest BCUT2D eigenvalue weighted by atomic mass is 16.5. The van der Waals surface area contributed by atoms with Crippen LogP contribution in [0, 0.1) is 0 Å². The van der Waals surface area contributed by atoms with Gasteiger partial charge in [-0.2, -0.15) is 0 Å². The van der Waals surface area contributed by atoms with E-state index in [9.17, 15) is 19.2 Å². The van der Waals surface area contributed by atoms with Crippen molar-refractivity contribution in [1.82, 2.24) is 4.90 Å². The number of hydrogen-bond acceptors (Lipinski definition) is 6. The third-order valence-electron chi connectivity index (χ3n) is 3.05. The van der Waals surface area contributed by atoms with Crippen LogP contribution in [-0.4, -0.2) is 55.8 Å². The number of rotatable bonds is 7. The molecule has 0 heterocycles. The van der Waals surface area contributed by atoms with Gasteiger partial charge in [0.25, 0.3) is 5.91 Å². The molecule has 0 aliphatic carbocycles. The molecule has 0 radical (unpaired) electrons. The summed E-state index contributed by atoms with van der Waals surface area (Å²) in [4.78, 5) is 47.3. The largest absolute Gasteiger partial charge is 0.468 e. The Morgan fingerprint density at radius 3 is 1.88 bits per heavy atom. The van der Waals surface area contributed by atoms with Gasteiger partial charge in [0.1, 0.15) is 13.1 Å². The summed E-state index contributed by atoms with van der Waals surface area (Å²) < 4.78 is 9.06. The fourth-order valence-electron chi connectivity index (χ4n) is 1.77. The molecular weight excluding hydrogens is 314 g/mol. The van der Waals surface area contributed by atoms with E-state index in [1.807, 2.05) is 0 Å². The second kappa shape index (κ2) is 9.24. The van der Waals surface area contributed by atoms with Crippen LogP contribution in [0.15, 0.2) is 30.3 Å². The van der Waals surface area contributed by atoms with Crippen LogP contribution in [-0.2, 0) is 23.9 Å². The number of amides is 1. The molecule has 0 atom stereocenters. The monoisotopic (exact) mass is 333 g/mol. The molecule has 0 saturated heterocycles. The molecule has 0 fully saturated rings. The number of benzene rings is 1. The number of carbonyl (C=O) groups is 4. The summed E-state index contributed by atoms with van der Waals surface area (Å²) in [5, 5.41) is 0. The van der Waals surface area contributed by atoms with Crippen molar-refractivity contribution in [2.24, 2.45) is 0 Å². The number of allylic oxidation sites excluding steroid dienone is 1. The first-order valence-corrected chi connectivity index (χ1v) is 7.09. The minimum Gasteiger partial charge on any atom is -0.468 e. The van der Waals surface area contributed by atoms with Gasteiger partial charge < -0.3 is 14.4 Å². The van der Waals surface area contributed by atoms with E-state index in [-0.39, 0.29) is 18.9 Å². The zero-order valence-corrected chi connectivity index (χ0v) is 13.8. The Morgan fingerprint density at radius 1 is 0.958 bits per heavy atom. The lowest BCUT2D eigenvalue weighted by atomic mass is 10.1. The summed E-state index contributed by atoms with van der Waals surface area (Å²) in [7, 11) is 2.39. The van der Waals surface area contributed by atoms with Crippen LogP contribution < -0.4 is 0 Å². The van der Waals surface area contributed by atoms with E-state index < -0.39 is 17.8 Å². The Hall–Kier alpha value is -2.96. The lowest BCUT2D eigenvalue weighted by molar-refractivity contribution is -0.144. The first kappa shape index (κ1) is 19.1. The molecule has 0 saturated carbocycles. The molecule has 0 aliphatic heterocycles. The molecule has 1 aromatic carbocycles. The maximum absolute atomic E-state index is 12.5. The second-order valence-electron chi connectivity index (χ2n) is 4.88. The molecule has 0 bridgehead atoms. The van der Waals surface area contributed by atoms with E-state index >= 15 is 0 Å². The summed E-state index contributed by atoms with van der Waals surface area (Å²) >= 11 is 0. The topological polar surface area (TPSA) is 90.0 Å². The van der Waals surface area contributed by atoms with Crippen molar-refractivity contribution in [2.45, 2.75) is 6.92 Å². The number of carbonyl (C=O) groups excluding carboxylic acids is 4. The Balaban J connectivity index is 2.93. The minimum absolute atomic E-state index is 0.0857. The first-order chi connectivity index (χ1) is 11.4. The van der Waals surface area contributed by atoms with E-state index in [2.05, 4.69) is 9.47 Å². The van der Waals surface area contributed by atoms with Gasteiger partial charge in [0.2, 0.25) is 0 Å². The maximum Gasteiger partial charge on any atom is 0.325 e. The minimum atomic E-state index is -0.645. The highest BCUT2D eigenvalue weighted by molar-refractivity contribution is 5.98. The number of hydrogen-bond donors (Lipinski definition) is 0. The summed E-state index contributed by atoms with van der Waals surface area (Å²) in [5.74, 6) is -1.88. The fourth-order valence-corrected chi connectivity index (χ4v) is 1.77. The molecular formula is C17H19NO6. The Kier molecular flexibility index (Phi) is 7.35. The smallest absolute Gasteiger partial charge is 0.325 e. The van der Waals surface area contributed by atoms with Crippen LogP contribution in [0.4, 0.5) is 0 Å². The van der Waals surface area contributed by atoms with E-state index in [4.69, 9.17) is 0 Å². The lowest BCUT2D eigenvalue weighted by Crippen LogP contribution is -2.40. The molecule has 0 aliphatic rings. The number of esters is 2. The molecule has 0 N–H and O–H groups in total. The molecule has 0 aromatic heterocycles. The van der Waals surface area contributed by atoms with Gasteiger partial charge in [0.05, 0.1) is 14.2 Å². The standard InChI is InChI=1S/C17H19NO6/c1-12(19)4-5-13-6-8-14(9-7-13)17(22)18(10-15(20)23-2)11-16(21)24-3/h4-9H,10-11H2,1-3H3/b5-4+. The van der Waals surface area contributed by atoms with Crippen molar-refractivity contribution in [3.63, 3.8) is 0 Å². The third-order valence-corrected chi connectivity index (χ3v) is 3.05. The van der Waals surface area contributed by atoms with E-state index in [0.29, 0.717) is 5.56 Å². The van der Waals surface area contributed by atoms with Crippen LogP contribution in [0.25, 0.3) is 6.08 Å². The molecule has 0 spiro atoms. The van der Waals surface area contributed by atoms with Crippen molar-refractivity contribution in [3.05, 3.63) is 41.5 Å². The van der Waals surface area contributed by atoms with Crippen LogP contribution in [0.2, 0.25) is 0 Å². The average Bonchev–Trinajstić information content (AvgIpc) is 2.58. The van der Waals surface area contributed by atoms with Gasteiger partial charge in [-0.05, 0) is 30.7 Å². The van der Waals surface area contributed by atoms with Crippen molar-refractivity contribution in [3.8, 4) is 0 Å². The zero-order valence-electron chi connectivity index (χ0n) is 13.8. The van der Waals surface area contributed by atoms with Crippen LogP contribution in [0.3, 0.4) is 0 Å². The summed E-state index contributed by atoms with van der Waals surface area (Å²) in [6.07, 6.45) is 3.04. The highest BCUT2D eigenvalue weighted by Gasteiger charge is 2.22. The van der Waals surface area contributed by atoms with Crippen LogP contribution >= 0.6 is 0 Å². The van der Waals surface area contributed by atoms with E-state index in [1.54, 1.807) is 30.3 Å². The third kappa shape index (κ3) is 6.04. The SMILES string of the molecule is COC(=O)CN(CC(=O)OC)C(=O)c1ccc(/C=C/C(C)=O)cc1. The van der Waals surface area contributed by atoms with E-state index in [1.165, 1.54) is 27.2 Å². The second-order valence-corrected chi connectivity index (χ2v) is 4.88. The molecule has 24 heavy (non-hydrogen) atoms. The van der Waals surface area contributed by atoms with Gasteiger partial charge in [-0.1, -0.05) is 18.2 Å². The summed E-state index contributed by atoms with van der Waals surface area (Å²) in [6.45, 7) is 0.707. The van der Waals surface area contributed by atoms with Gasteiger partial charge in [-0.25, -0.2) is 0 Å². The van der Waals surface area contributed by atoms with Gasteiger partial charge in [-0.15, -0.1) is 0 Å². The van der Waals surface area contributed by atoms with Crippen molar-refractivity contribution in [2.75, 3.05) is 27.3 Å². The lowest BCUT2D eigenvalue weighted by Gasteiger charge is -2.20. The maximum atomic E-state index is 12.5. The Bertz CT molecular complexity index is 630. The first-order valence-electron chi connectivity index (χ1n) is 7.09. The predicted molar refractivity (Wildman–Crippen MR) is 86.1 cm³/mol. The quantitative estimate of drug-likeness (QED) is 0.548. The van der Waals surface area contributed by atoms with Crippen molar-refractivity contribution >= 4 is 29.7 Å². The van der Waals surface area contributed by atoms with Gasteiger partial charge in [0.15, 0.2) is 5.78 Å². The van der Waals surface area contributed by atoms with Crippen LogP contribution in [0.5, 0.6) is 0 Å². The fraction of sp³-hybridized carbons (Fsp3) is 0.294. The Labute approximate surface area is 139 Å². The van der Waals surface area contributed by atoms with Crippen molar-refractivity contribution < 1.29 is 28.7 Å². The van der Waals surface area contributed by atoms with Crippen molar-refractivity contribution in [1.29, 1.82) is 0 Å². The Morgan fingerprint density at radius 2 is 1.46 bits per heavy atom. The number of ether oxygens (including phenoxy) is 2. The molecule has 7 heteroatoms. The van der Waals surface area contributed by atoms with E-state index in [0.717, 1.165) is 10.5 Å². The average molecular weight is 333 g/mol. The predicted octanol–water partition coefficient (Wildman–Crippen LogP) is 1.08. The normalized spacial score (nSPS) is 10.3. The molecule has 1 rings (SSSR count).